The third-order valence-electron chi connectivity index (χ3n) is 2.09. The van der Waals surface area contributed by atoms with Gasteiger partial charge in [0.1, 0.15) is 11.5 Å². The number of rotatable bonds is 2. The van der Waals surface area contributed by atoms with Crippen LogP contribution >= 0.6 is 11.3 Å². The Morgan fingerprint density at radius 3 is 3.00 bits per heavy atom. The molecule has 0 saturated carbocycles. The summed E-state index contributed by atoms with van der Waals surface area (Å²) in [5.41, 5.74) is 1.80. The SMILES string of the molecule is CC(C)[C@@H]1COC(c2cncs2)=N1. The van der Waals surface area contributed by atoms with Gasteiger partial charge in [-0.2, -0.15) is 0 Å². The standard InChI is InChI=1S/C9H12N2OS/c1-6(2)7-4-12-9(11-7)8-3-10-5-13-8/h3,5-7H,4H2,1-2H3/t7-/m0/s1. The van der Waals surface area contributed by atoms with Crippen molar-refractivity contribution < 1.29 is 4.74 Å². The summed E-state index contributed by atoms with van der Waals surface area (Å²) in [7, 11) is 0. The maximum atomic E-state index is 5.49. The maximum Gasteiger partial charge on any atom is 0.228 e. The van der Waals surface area contributed by atoms with Gasteiger partial charge in [0.15, 0.2) is 0 Å². The third kappa shape index (κ3) is 1.72. The largest absolute Gasteiger partial charge is 0.475 e. The van der Waals surface area contributed by atoms with Gasteiger partial charge in [-0.1, -0.05) is 13.8 Å². The van der Waals surface area contributed by atoms with Crippen LogP contribution in [-0.2, 0) is 4.74 Å². The molecule has 0 radical (unpaired) electrons. The van der Waals surface area contributed by atoms with Crippen molar-refractivity contribution in [1.82, 2.24) is 4.98 Å². The van der Waals surface area contributed by atoms with Crippen molar-refractivity contribution in [3.8, 4) is 0 Å². The van der Waals surface area contributed by atoms with Crippen molar-refractivity contribution in [3.05, 3.63) is 16.6 Å². The Balaban J connectivity index is 2.15. The van der Waals surface area contributed by atoms with Crippen LogP contribution in [0.1, 0.15) is 18.7 Å². The Morgan fingerprint density at radius 1 is 1.62 bits per heavy atom. The van der Waals surface area contributed by atoms with E-state index in [0.29, 0.717) is 18.6 Å². The average Bonchev–Trinajstić information content (AvgIpc) is 2.75. The molecule has 1 aliphatic rings. The molecular formula is C9H12N2OS. The molecule has 2 rings (SSSR count). The van der Waals surface area contributed by atoms with Gasteiger partial charge in [0.25, 0.3) is 0 Å². The van der Waals surface area contributed by atoms with E-state index in [1.165, 1.54) is 0 Å². The molecule has 4 heteroatoms. The van der Waals surface area contributed by atoms with Crippen molar-refractivity contribution in [3.63, 3.8) is 0 Å². The molecule has 0 fully saturated rings. The van der Waals surface area contributed by atoms with E-state index in [-0.39, 0.29) is 0 Å². The molecule has 13 heavy (non-hydrogen) atoms. The fraction of sp³-hybridized carbons (Fsp3) is 0.556. The number of hydrogen-bond acceptors (Lipinski definition) is 4. The zero-order valence-corrected chi connectivity index (χ0v) is 8.54. The van der Waals surface area contributed by atoms with Crippen molar-refractivity contribution in [1.29, 1.82) is 0 Å². The number of aliphatic imine (C=N–C) groups is 1. The Bertz CT molecular complexity index is 305. The van der Waals surface area contributed by atoms with Crippen LogP contribution in [0, 0.1) is 5.92 Å². The van der Waals surface area contributed by atoms with Gasteiger partial charge in [0.2, 0.25) is 5.90 Å². The quantitative estimate of drug-likeness (QED) is 0.724. The predicted molar refractivity (Wildman–Crippen MR) is 53.2 cm³/mol. The van der Waals surface area contributed by atoms with Gasteiger partial charge >= 0.3 is 0 Å². The lowest BCUT2D eigenvalue weighted by Crippen LogP contribution is -2.13. The highest BCUT2D eigenvalue weighted by atomic mass is 32.1. The summed E-state index contributed by atoms with van der Waals surface area (Å²) in [6, 6.07) is 0.317. The monoisotopic (exact) mass is 196 g/mol. The van der Waals surface area contributed by atoms with Crippen LogP contribution in [0.15, 0.2) is 16.7 Å². The molecule has 0 N–H and O–H groups in total. The van der Waals surface area contributed by atoms with Gasteiger partial charge < -0.3 is 4.74 Å². The van der Waals surface area contributed by atoms with E-state index in [9.17, 15) is 0 Å². The van der Waals surface area contributed by atoms with Crippen molar-refractivity contribution in [2.75, 3.05) is 6.61 Å². The van der Waals surface area contributed by atoms with E-state index in [1.807, 2.05) is 0 Å². The van der Waals surface area contributed by atoms with Crippen LogP contribution in [0.25, 0.3) is 0 Å². The molecule has 0 saturated heterocycles. The summed E-state index contributed by atoms with van der Waals surface area (Å²) >= 11 is 1.57. The lowest BCUT2D eigenvalue weighted by molar-refractivity contribution is 0.292. The van der Waals surface area contributed by atoms with Crippen LogP contribution in [-0.4, -0.2) is 23.5 Å². The molecule has 0 aromatic carbocycles. The fourth-order valence-corrected chi connectivity index (χ4v) is 1.76. The van der Waals surface area contributed by atoms with Gasteiger partial charge in [-0.05, 0) is 5.92 Å². The molecule has 1 aromatic rings. The normalized spacial score (nSPS) is 21.8. The van der Waals surface area contributed by atoms with Gasteiger partial charge in [-0.25, -0.2) is 4.99 Å². The van der Waals surface area contributed by atoms with Crippen LogP contribution < -0.4 is 0 Å². The first-order valence-corrected chi connectivity index (χ1v) is 5.25. The number of thiazole rings is 1. The first kappa shape index (κ1) is 8.69. The van der Waals surface area contributed by atoms with Gasteiger partial charge in [0.05, 0.1) is 17.7 Å². The Hall–Kier alpha value is -0.900. The lowest BCUT2D eigenvalue weighted by atomic mass is 10.1. The van der Waals surface area contributed by atoms with Crippen molar-refractivity contribution in [2.24, 2.45) is 10.9 Å². The molecule has 0 amide bonds. The molecule has 0 spiro atoms. The van der Waals surface area contributed by atoms with Crippen LogP contribution in [0.2, 0.25) is 0 Å². The summed E-state index contributed by atoms with van der Waals surface area (Å²) < 4.78 is 5.49. The molecule has 2 heterocycles. The van der Waals surface area contributed by atoms with E-state index in [0.717, 1.165) is 10.8 Å². The van der Waals surface area contributed by atoms with Gasteiger partial charge in [-0.15, -0.1) is 11.3 Å². The van der Waals surface area contributed by atoms with Crippen molar-refractivity contribution in [2.45, 2.75) is 19.9 Å². The van der Waals surface area contributed by atoms with E-state index < -0.39 is 0 Å². The molecule has 70 valence electrons. The minimum atomic E-state index is 0.317. The minimum Gasteiger partial charge on any atom is -0.475 e. The molecule has 0 unspecified atom stereocenters. The van der Waals surface area contributed by atoms with Crippen molar-refractivity contribution >= 4 is 17.2 Å². The summed E-state index contributed by atoms with van der Waals surface area (Å²) in [5, 5.41) is 0. The summed E-state index contributed by atoms with van der Waals surface area (Å²) in [5.74, 6) is 1.31. The second-order valence-corrected chi connectivity index (χ2v) is 4.31. The van der Waals surface area contributed by atoms with E-state index in [1.54, 1.807) is 23.0 Å². The number of aromatic nitrogens is 1. The fourth-order valence-electron chi connectivity index (χ4n) is 1.19. The predicted octanol–water partition coefficient (Wildman–Crippen LogP) is 1.94. The van der Waals surface area contributed by atoms with Crippen LogP contribution in [0.3, 0.4) is 0 Å². The highest BCUT2D eigenvalue weighted by molar-refractivity contribution is 7.11. The molecule has 1 aliphatic heterocycles. The molecule has 1 aromatic heterocycles. The van der Waals surface area contributed by atoms with Crippen LogP contribution in [0.5, 0.6) is 0 Å². The summed E-state index contributed by atoms with van der Waals surface area (Å²) in [4.78, 5) is 9.52. The third-order valence-corrected chi connectivity index (χ3v) is 2.85. The van der Waals surface area contributed by atoms with Gasteiger partial charge in [0, 0.05) is 0 Å². The first-order chi connectivity index (χ1) is 6.27. The van der Waals surface area contributed by atoms with E-state index in [2.05, 4.69) is 23.8 Å². The van der Waals surface area contributed by atoms with E-state index in [4.69, 9.17) is 4.74 Å². The van der Waals surface area contributed by atoms with E-state index >= 15 is 0 Å². The second kappa shape index (κ2) is 3.46. The number of hydrogen-bond donors (Lipinski definition) is 0. The number of nitrogens with zero attached hydrogens (tertiary/aromatic N) is 2. The minimum absolute atomic E-state index is 0.317. The molecule has 1 atom stereocenters. The highest BCUT2D eigenvalue weighted by Gasteiger charge is 2.23. The zero-order valence-electron chi connectivity index (χ0n) is 7.73. The first-order valence-electron chi connectivity index (χ1n) is 4.37. The van der Waals surface area contributed by atoms with Crippen LogP contribution in [0.4, 0.5) is 0 Å². The Morgan fingerprint density at radius 2 is 2.46 bits per heavy atom. The topological polar surface area (TPSA) is 34.5 Å². The maximum absolute atomic E-state index is 5.49. The Labute approximate surface area is 81.5 Å². The summed E-state index contributed by atoms with van der Waals surface area (Å²) in [6.45, 7) is 5.03. The lowest BCUT2D eigenvalue weighted by Gasteiger charge is -2.06. The smallest absolute Gasteiger partial charge is 0.228 e. The van der Waals surface area contributed by atoms with Gasteiger partial charge in [-0.3, -0.25) is 4.98 Å². The molecule has 0 aliphatic carbocycles. The average molecular weight is 196 g/mol. The molecule has 3 nitrogen and oxygen atoms in total. The number of ether oxygens (including phenoxy) is 1. The summed E-state index contributed by atoms with van der Waals surface area (Å²) in [6.07, 6.45) is 1.80. The molecular weight excluding hydrogens is 184 g/mol. The Kier molecular flexibility index (Phi) is 2.31. The molecule has 0 bridgehead atoms. The second-order valence-electron chi connectivity index (χ2n) is 3.42. The highest BCUT2D eigenvalue weighted by Crippen LogP contribution is 2.19. The zero-order chi connectivity index (χ0) is 9.26.